The number of hydrogen-bond acceptors (Lipinski definition) is 3. The van der Waals surface area contributed by atoms with Crippen LogP contribution in [0, 0.1) is 11.8 Å². The van der Waals surface area contributed by atoms with Gasteiger partial charge in [0.25, 0.3) is 0 Å². The lowest BCUT2D eigenvalue weighted by molar-refractivity contribution is -0.131. The minimum Gasteiger partial charge on any atom is -0.383 e. The Balaban J connectivity index is 2.20. The second-order valence-corrected chi connectivity index (χ2v) is 4.63. The molecule has 1 aliphatic heterocycles. The van der Waals surface area contributed by atoms with Crippen LogP contribution >= 0.6 is 0 Å². The van der Waals surface area contributed by atoms with E-state index in [9.17, 15) is 9.90 Å². The zero-order chi connectivity index (χ0) is 11.3. The molecule has 1 atom stereocenters. The third-order valence-corrected chi connectivity index (χ3v) is 2.92. The number of carbonyl (C=O) groups excluding carboxylic acids is 1. The molecule has 0 aromatic rings. The number of carbonyl (C=O) groups is 1. The van der Waals surface area contributed by atoms with E-state index in [-0.39, 0.29) is 11.8 Å². The third kappa shape index (κ3) is 4.18. The van der Waals surface area contributed by atoms with E-state index < -0.39 is 6.10 Å². The highest BCUT2D eigenvalue weighted by molar-refractivity contribution is 5.80. The average molecular weight is 214 g/mol. The van der Waals surface area contributed by atoms with Crippen LogP contribution in [-0.4, -0.2) is 36.8 Å². The lowest BCUT2D eigenvalue weighted by Crippen LogP contribution is -2.42. The normalized spacial score (nSPS) is 20.3. The van der Waals surface area contributed by atoms with Crippen LogP contribution in [0.4, 0.5) is 0 Å². The smallest absolute Gasteiger partial charge is 0.249 e. The fourth-order valence-corrected chi connectivity index (χ4v) is 1.74. The molecule has 1 aliphatic rings. The number of rotatable bonds is 4. The van der Waals surface area contributed by atoms with Crippen molar-refractivity contribution in [2.24, 2.45) is 11.8 Å². The molecule has 0 radical (unpaired) electrons. The Morgan fingerprint density at radius 2 is 2.07 bits per heavy atom. The van der Waals surface area contributed by atoms with E-state index in [2.05, 4.69) is 10.6 Å². The van der Waals surface area contributed by atoms with Gasteiger partial charge in [-0.25, -0.2) is 0 Å². The highest BCUT2D eigenvalue weighted by Gasteiger charge is 2.20. The van der Waals surface area contributed by atoms with E-state index in [1.54, 1.807) is 0 Å². The minimum atomic E-state index is -0.869. The minimum absolute atomic E-state index is 0.0157. The zero-order valence-electron chi connectivity index (χ0n) is 9.62. The van der Waals surface area contributed by atoms with Crippen molar-refractivity contribution in [1.82, 2.24) is 10.6 Å². The van der Waals surface area contributed by atoms with Crippen molar-refractivity contribution in [1.29, 1.82) is 0 Å². The number of nitrogens with one attached hydrogen (secondary N) is 2. The van der Waals surface area contributed by atoms with Gasteiger partial charge in [-0.05, 0) is 37.8 Å². The molecule has 1 heterocycles. The number of hydrogen-bond donors (Lipinski definition) is 3. The Hall–Kier alpha value is -0.610. The molecule has 1 saturated heterocycles. The fraction of sp³-hybridized carbons (Fsp3) is 0.909. The summed E-state index contributed by atoms with van der Waals surface area (Å²) in [6, 6.07) is 0. The summed E-state index contributed by atoms with van der Waals surface area (Å²) < 4.78 is 0. The molecular weight excluding hydrogens is 192 g/mol. The average Bonchev–Trinajstić information content (AvgIpc) is 2.26. The van der Waals surface area contributed by atoms with Crippen LogP contribution in [0.15, 0.2) is 0 Å². The van der Waals surface area contributed by atoms with E-state index in [4.69, 9.17) is 0 Å². The van der Waals surface area contributed by atoms with E-state index in [0.717, 1.165) is 25.9 Å². The largest absolute Gasteiger partial charge is 0.383 e. The lowest BCUT2D eigenvalue weighted by atomic mass is 9.98. The highest BCUT2D eigenvalue weighted by atomic mass is 16.3. The van der Waals surface area contributed by atoms with Gasteiger partial charge < -0.3 is 15.7 Å². The maximum absolute atomic E-state index is 11.5. The fourth-order valence-electron chi connectivity index (χ4n) is 1.74. The Morgan fingerprint density at radius 3 is 2.60 bits per heavy atom. The molecule has 1 unspecified atom stereocenters. The van der Waals surface area contributed by atoms with Crippen LogP contribution in [-0.2, 0) is 4.79 Å². The van der Waals surface area contributed by atoms with Crippen molar-refractivity contribution in [2.75, 3.05) is 19.6 Å². The molecule has 0 aliphatic carbocycles. The molecule has 1 fully saturated rings. The first-order valence-electron chi connectivity index (χ1n) is 5.77. The van der Waals surface area contributed by atoms with Crippen molar-refractivity contribution < 1.29 is 9.90 Å². The second-order valence-electron chi connectivity index (χ2n) is 4.63. The molecule has 4 heteroatoms. The monoisotopic (exact) mass is 214 g/mol. The highest BCUT2D eigenvalue weighted by Crippen LogP contribution is 2.10. The van der Waals surface area contributed by atoms with E-state index in [1.807, 2.05) is 13.8 Å². The Kier molecular flexibility index (Phi) is 5.05. The topological polar surface area (TPSA) is 61.4 Å². The molecule has 0 spiro atoms. The van der Waals surface area contributed by atoms with Gasteiger partial charge in [0.15, 0.2) is 0 Å². The van der Waals surface area contributed by atoms with Crippen molar-refractivity contribution >= 4 is 5.91 Å². The SMILES string of the molecule is CC(C)C(O)C(=O)NCC1CCNCC1. The molecule has 0 saturated carbocycles. The standard InChI is InChI=1S/C11H22N2O2/c1-8(2)10(14)11(15)13-7-9-3-5-12-6-4-9/h8-10,12,14H,3-7H2,1-2H3,(H,13,15). The maximum Gasteiger partial charge on any atom is 0.249 e. The summed E-state index contributed by atoms with van der Waals surface area (Å²) >= 11 is 0. The molecule has 3 N–H and O–H groups in total. The summed E-state index contributed by atoms with van der Waals surface area (Å²) in [6.45, 7) is 6.45. The van der Waals surface area contributed by atoms with Gasteiger partial charge in [0.1, 0.15) is 6.10 Å². The third-order valence-electron chi connectivity index (χ3n) is 2.92. The van der Waals surface area contributed by atoms with Crippen LogP contribution in [0.3, 0.4) is 0 Å². The quantitative estimate of drug-likeness (QED) is 0.623. The predicted octanol–water partition coefficient (Wildman–Crippen LogP) is 0.119. The summed E-state index contributed by atoms with van der Waals surface area (Å²) in [5.41, 5.74) is 0. The van der Waals surface area contributed by atoms with E-state index in [1.165, 1.54) is 0 Å². The van der Waals surface area contributed by atoms with Gasteiger partial charge in [-0.2, -0.15) is 0 Å². The first kappa shape index (κ1) is 12.5. The van der Waals surface area contributed by atoms with Crippen LogP contribution < -0.4 is 10.6 Å². The number of piperidine rings is 1. The van der Waals surface area contributed by atoms with Gasteiger partial charge in [0.2, 0.25) is 5.91 Å². The first-order chi connectivity index (χ1) is 7.11. The predicted molar refractivity (Wildman–Crippen MR) is 59.4 cm³/mol. The van der Waals surface area contributed by atoms with Crippen LogP contribution in [0.5, 0.6) is 0 Å². The van der Waals surface area contributed by atoms with Crippen molar-refractivity contribution in [2.45, 2.75) is 32.8 Å². The van der Waals surface area contributed by atoms with Crippen LogP contribution in [0.2, 0.25) is 0 Å². The molecule has 0 bridgehead atoms. The lowest BCUT2D eigenvalue weighted by Gasteiger charge is -2.23. The van der Waals surface area contributed by atoms with Gasteiger partial charge in [-0.1, -0.05) is 13.8 Å². The van der Waals surface area contributed by atoms with Gasteiger partial charge in [0.05, 0.1) is 0 Å². The van der Waals surface area contributed by atoms with Gasteiger partial charge in [-0.15, -0.1) is 0 Å². The Bertz CT molecular complexity index is 201. The second kappa shape index (κ2) is 6.08. The molecule has 1 rings (SSSR count). The van der Waals surface area contributed by atoms with Crippen LogP contribution in [0.1, 0.15) is 26.7 Å². The van der Waals surface area contributed by atoms with Gasteiger partial charge in [0, 0.05) is 6.54 Å². The first-order valence-corrected chi connectivity index (χ1v) is 5.77. The zero-order valence-corrected chi connectivity index (χ0v) is 9.62. The summed E-state index contributed by atoms with van der Waals surface area (Å²) in [5, 5.41) is 15.6. The van der Waals surface area contributed by atoms with E-state index in [0.29, 0.717) is 12.5 Å². The molecule has 1 amide bonds. The molecule has 15 heavy (non-hydrogen) atoms. The van der Waals surface area contributed by atoms with E-state index >= 15 is 0 Å². The summed E-state index contributed by atoms with van der Waals surface area (Å²) in [4.78, 5) is 11.5. The number of amides is 1. The maximum atomic E-state index is 11.5. The molecule has 0 aromatic heterocycles. The molecule has 0 aromatic carbocycles. The Labute approximate surface area is 91.4 Å². The number of aliphatic hydroxyl groups is 1. The summed E-state index contributed by atoms with van der Waals surface area (Å²) in [6.07, 6.45) is 1.35. The van der Waals surface area contributed by atoms with Gasteiger partial charge >= 0.3 is 0 Å². The van der Waals surface area contributed by atoms with Crippen molar-refractivity contribution in [3.63, 3.8) is 0 Å². The van der Waals surface area contributed by atoms with Crippen molar-refractivity contribution in [3.8, 4) is 0 Å². The molecule has 4 nitrogen and oxygen atoms in total. The Morgan fingerprint density at radius 1 is 1.47 bits per heavy atom. The van der Waals surface area contributed by atoms with Crippen molar-refractivity contribution in [3.05, 3.63) is 0 Å². The summed E-state index contributed by atoms with van der Waals surface area (Å²) in [7, 11) is 0. The molecule has 88 valence electrons. The molecular formula is C11H22N2O2. The van der Waals surface area contributed by atoms with Gasteiger partial charge in [-0.3, -0.25) is 4.79 Å². The number of aliphatic hydroxyl groups excluding tert-OH is 1. The van der Waals surface area contributed by atoms with Crippen LogP contribution in [0.25, 0.3) is 0 Å². The summed E-state index contributed by atoms with van der Waals surface area (Å²) in [5.74, 6) is 0.316.